The predicted octanol–water partition coefficient (Wildman–Crippen LogP) is 3.14. The third-order valence-electron chi connectivity index (χ3n) is 2.70. The first kappa shape index (κ1) is 9.71. The Bertz CT molecular complexity index is 370. The van der Waals surface area contributed by atoms with Crippen LogP contribution in [0.15, 0.2) is 22.7 Å². The molecule has 1 fully saturated rings. The van der Waals surface area contributed by atoms with Gasteiger partial charge in [-0.1, -0.05) is 22.4 Å². The van der Waals surface area contributed by atoms with E-state index in [2.05, 4.69) is 15.9 Å². The van der Waals surface area contributed by atoms with Gasteiger partial charge in [0.1, 0.15) is 5.75 Å². The SMILES string of the molecule is O=C(c1cc(Br)ccc1O)C1CCC1. The van der Waals surface area contributed by atoms with Crippen LogP contribution in [0, 0.1) is 5.92 Å². The van der Waals surface area contributed by atoms with Crippen LogP contribution in [-0.2, 0) is 0 Å². The lowest BCUT2D eigenvalue weighted by molar-refractivity contribution is 0.0852. The first-order valence-electron chi connectivity index (χ1n) is 4.71. The minimum atomic E-state index is 0.0788. The summed E-state index contributed by atoms with van der Waals surface area (Å²) in [5, 5.41) is 9.53. The molecular weight excluding hydrogens is 244 g/mol. The van der Waals surface area contributed by atoms with Gasteiger partial charge in [0.15, 0.2) is 5.78 Å². The number of aromatic hydroxyl groups is 1. The number of phenolic OH excluding ortho intramolecular Hbond substituents is 1. The van der Waals surface area contributed by atoms with E-state index in [1.165, 1.54) is 0 Å². The van der Waals surface area contributed by atoms with E-state index in [0.717, 1.165) is 23.7 Å². The number of carbonyl (C=O) groups excluding carboxylic acids is 1. The topological polar surface area (TPSA) is 37.3 Å². The van der Waals surface area contributed by atoms with E-state index >= 15 is 0 Å². The summed E-state index contributed by atoms with van der Waals surface area (Å²) in [6.07, 6.45) is 3.06. The number of phenols is 1. The van der Waals surface area contributed by atoms with Gasteiger partial charge in [0.2, 0.25) is 0 Å². The molecule has 0 aliphatic heterocycles. The third kappa shape index (κ3) is 1.69. The van der Waals surface area contributed by atoms with Gasteiger partial charge in [-0.15, -0.1) is 0 Å². The largest absolute Gasteiger partial charge is 0.507 e. The highest BCUT2D eigenvalue weighted by atomic mass is 79.9. The van der Waals surface area contributed by atoms with Crippen molar-refractivity contribution in [2.24, 2.45) is 5.92 Å². The van der Waals surface area contributed by atoms with Gasteiger partial charge in [-0.2, -0.15) is 0 Å². The molecule has 0 aromatic heterocycles. The van der Waals surface area contributed by atoms with Gasteiger partial charge in [-0.25, -0.2) is 0 Å². The zero-order valence-corrected chi connectivity index (χ0v) is 9.25. The van der Waals surface area contributed by atoms with E-state index in [4.69, 9.17) is 0 Å². The van der Waals surface area contributed by atoms with Crippen LogP contribution in [0.2, 0.25) is 0 Å². The first-order valence-corrected chi connectivity index (χ1v) is 5.50. The molecule has 1 aliphatic carbocycles. The fraction of sp³-hybridized carbons (Fsp3) is 0.364. The van der Waals surface area contributed by atoms with Crippen LogP contribution in [0.25, 0.3) is 0 Å². The lowest BCUT2D eigenvalue weighted by Gasteiger charge is -2.24. The Morgan fingerprint density at radius 3 is 2.71 bits per heavy atom. The van der Waals surface area contributed by atoms with E-state index in [9.17, 15) is 9.90 Å². The van der Waals surface area contributed by atoms with Crippen molar-refractivity contribution in [2.75, 3.05) is 0 Å². The second kappa shape index (κ2) is 3.73. The number of halogens is 1. The fourth-order valence-electron chi connectivity index (χ4n) is 1.60. The Kier molecular flexibility index (Phi) is 2.59. The highest BCUT2D eigenvalue weighted by molar-refractivity contribution is 9.10. The summed E-state index contributed by atoms with van der Waals surface area (Å²) >= 11 is 3.29. The van der Waals surface area contributed by atoms with E-state index in [-0.39, 0.29) is 17.5 Å². The molecule has 1 N–H and O–H groups in total. The van der Waals surface area contributed by atoms with Crippen LogP contribution in [0.5, 0.6) is 5.75 Å². The Morgan fingerprint density at radius 2 is 2.14 bits per heavy atom. The molecule has 2 nitrogen and oxygen atoms in total. The monoisotopic (exact) mass is 254 g/mol. The van der Waals surface area contributed by atoms with Crippen molar-refractivity contribution >= 4 is 21.7 Å². The summed E-state index contributed by atoms with van der Waals surface area (Å²) in [5.74, 6) is 0.301. The van der Waals surface area contributed by atoms with Gasteiger partial charge in [0, 0.05) is 10.4 Å². The molecule has 0 heterocycles. The highest BCUT2D eigenvalue weighted by Gasteiger charge is 2.27. The van der Waals surface area contributed by atoms with Crippen LogP contribution >= 0.6 is 15.9 Å². The molecule has 0 saturated heterocycles. The summed E-state index contributed by atoms with van der Waals surface area (Å²) in [5.41, 5.74) is 0.448. The van der Waals surface area contributed by atoms with E-state index in [1.54, 1.807) is 18.2 Å². The quantitative estimate of drug-likeness (QED) is 0.824. The second-order valence-electron chi connectivity index (χ2n) is 3.65. The number of benzene rings is 1. The molecule has 14 heavy (non-hydrogen) atoms. The summed E-state index contributed by atoms with van der Waals surface area (Å²) in [6.45, 7) is 0. The van der Waals surface area contributed by atoms with E-state index in [1.807, 2.05) is 0 Å². The minimum absolute atomic E-state index is 0.0788. The van der Waals surface area contributed by atoms with Crippen molar-refractivity contribution in [3.8, 4) is 5.75 Å². The standard InChI is InChI=1S/C11H11BrO2/c12-8-4-5-10(13)9(6-8)11(14)7-2-1-3-7/h4-7,13H,1-3H2. The lowest BCUT2D eigenvalue weighted by atomic mass is 9.80. The molecule has 3 heteroatoms. The van der Waals surface area contributed by atoms with Gasteiger partial charge in [0.25, 0.3) is 0 Å². The average Bonchev–Trinajstić information content (AvgIpc) is 2.06. The molecule has 1 aromatic rings. The van der Waals surface area contributed by atoms with Gasteiger partial charge >= 0.3 is 0 Å². The maximum absolute atomic E-state index is 11.8. The van der Waals surface area contributed by atoms with Crippen molar-refractivity contribution in [1.82, 2.24) is 0 Å². The second-order valence-corrected chi connectivity index (χ2v) is 4.57. The summed E-state index contributed by atoms with van der Waals surface area (Å²) in [4.78, 5) is 11.8. The molecule has 1 aromatic carbocycles. The molecule has 1 aliphatic rings. The molecule has 0 unspecified atom stereocenters. The van der Waals surface area contributed by atoms with Crippen molar-refractivity contribution in [3.63, 3.8) is 0 Å². The first-order chi connectivity index (χ1) is 6.68. The normalized spacial score (nSPS) is 16.4. The van der Waals surface area contributed by atoms with Crippen LogP contribution < -0.4 is 0 Å². The molecular formula is C11H11BrO2. The summed E-state index contributed by atoms with van der Waals surface area (Å²) in [6, 6.07) is 4.97. The van der Waals surface area contributed by atoms with Gasteiger partial charge in [0.05, 0.1) is 5.56 Å². The van der Waals surface area contributed by atoms with Gasteiger partial charge < -0.3 is 5.11 Å². The molecule has 0 atom stereocenters. The fourth-order valence-corrected chi connectivity index (χ4v) is 1.96. The predicted molar refractivity (Wildman–Crippen MR) is 57.5 cm³/mol. The zero-order chi connectivity index (χ0) is 10.1. The third-order valence-corrected chi connectivity index (χ3v) is 3.19. The van der Waals surface area contributed by atoms with Crippen molar-refractivity contribution in [2.45, 2.75) is 19.3 Å². The molecule has 0 bridgehead atoms. The maximum Gasteiger partial charge on any atom is 0.169 e. The Hall–Kier alpha value is -0.830. The van der Waals surface area contributed by atoms with Crippen LogP contribution in [0.3, 0.4) is 0 Å². The molecule has 0 radical (unpaired) electrons. The maximum atomic E-state index is 11.8. The van der Waals surface area contributed by atoms with Gasteiger partial charge in [-0.3, -0.25) is 4.79 Å². The molecule has 0 spiro atoms. The Labute approximate surface area is 91.1 Å². The highest BCUT2D eigenvalue weighted by Crippen LogP contribution is 2.33. The van der Waals surface area contributed by atoms with Crippen LogP contribution in [0.1, 0.15) is 29.6 Å². The van der Waals surface area contributed by atoms with Crippen molar-refractivity contribution in [1.29, 1.82) is 0 Å². The number of hydrogen-bond donors (Lipinski definition) is 1. The molecule has 0 amide bonds. The van der Waals surface area contributed by atoms with Crippen LogP contribution in [-0.4, -0.2) is 10.9 Å². The smallest absolute Gasteiger partial charge is 0.169 e. The van der Waals surface area contributed by atoms with Crippen molar-refractivity contribution < 1.29 is 9.90 Å². The Balaban J connectivity index is 2.29. The van der Waals surface area contributed by atoms with Gasteiger partial charge in [-0.05, 0) is 31.0 Å². The van der Waals surface area contributed by atoms with Crippen molar-refractivity contribution in [3.05, 3.63) is 28.2 Å². The lowest BCUT2D eigenvalue weighted by Crippen LogP contribution is -2.21. The Morgan fingerprint density at radius 1 is 1.43 bits per heavy atom. The number of Topliss-reactive ketones (excluding diaryl/α,β-unsaturated/α-hetero) is 1. The minimum Gasteiger partial charge on any atom is -0.507 e. The molecule has 1 saturated carbocycles. The number of hydrogen-bond acceptors (Lipinski definition) is 2. The number of rotatable bonds is 2. The van der Waals surface area contributed by atoms with Crippen LogP contribution in [0.4, 0.5) is 0 Å². The average molecular weight is 255 g/mol. The summed E-state index contributed by atoms with van der Waals surface area (Å²) < 4.78 is 0.831. The number of carbonyl (C=O) groups is 1. The van der Waals surface area contributed by atoms with E-state index in [0.29, 0.717) is 5.56 Å². The van der Waals surface area contributed by atoms with E-state index < -0.39 is 0 Å². The summed E-state index contributed by atoms with van der Waals surface area (Å²) in [7, 11) is 0. The molecule has 2 rings (SSSR count). The zero-order valence-electron chi connectivity index (χ0n) is 7.66. The number of ketones is 1. The molecule has 74 valence electrons.